The lowest BCUT2D eigenvalue weighted by atomic mass is 9.99. The van der Waals surface area contributed by atoms with E-state index in [-0.39, 0.29) is 30.8 Å². The van der Waals surface area contributed by atoms with Crippen LogP contribution >= 0.6 is 11.3 Å². The van der Waals surface area contributed by atoms with Crippen LogP contribution < -0.4 is 5.32 Å². The smallest absolute Gasteiger partial charge is 0.252 e. The summed E-state index contributed by atoms with van der Waals surface area (Å²) in [5.74, 6) is -0.744. The monoisotopic (exact) mass is 534 g/mol. The van der Waals surface area contributed by atoms with E-state index in [1.165, 1.54) is 33.6 Å². The van der Waals surface area contributed by atoms with Crippen molar-refractivity contribution in [1.29, 1.82) is 0 Å². The Morgan fingerprint density at radius 3 is 2.66 bits per heavy atom. The first-order chi connectivity index (χ1) is 18.2. The van der Waals surface area contributed by atoms with Gasteiger partial charge >= 0.3 is 0 Å². The first-order valence-corrected chi connectivity index (χ1v) is 14.1. The topological polar surface area (TPSA) is 85.8 Å². The molecule has 0 saturated carbocycles. The first-order valence-electron chi connectivity index (χ1n) is 13.2. The van der Waals surface area contributed by atoms with Crippen molar-refractivity contribution >= 4 is 23.2 Å². The van der Waals surface area contributed by atoms with Crippen LogP contribution in [0.5, 0.6) is 0 Å². The Morgan fingerprint density at radius 1 is 1.18 bits per heavy atom. The van der Waals surface area contributed by atoms with Crippen molar-refractivity contribution in [3.05, 3.63) is 86.4 Å². The summed E-state index contributed by atoms with van der Waals surface area (Å²) in [5, 5.41) is 16.3. The number of benzene rings is 2. The molecule has 4 rings (SSSR count). The van der Waals surface area contributed by atoms with Crippen molar-refractivity contribution in [3.8, 4) is 0 Å². The minimum Gasteiger partial charge on any atom is -0.383 e. The third-order valence-corrected chi connectivity index (χ3v) is 7.97. The standard InChI is InChI=1S/C30H38N4O3S/c1-20-8-5-9-21(2)25(20)15-24-19-38-29(32-24)17-31-28(36)16-27(35)30(37)34-13-7-12-26(34)23-11-6-10-22(14-23)18-33(3)4/h5-6,8-11,14,19,26-27,35H,7,12-13,15-18H2,1-4H3,(H,31,36)/t26?,27-/m1/s1. The fourth-order valence-electron chi connectivity index (χ4n) is 5.16. The van der Waals surface area contributed by atoms with Gasteiger partial charge in [0.1, 0.15) is 11.1 Å². The molecule has 2 aromatic carbocycles. The zero-order valence-electron chi connectivity index (χ0n) is 22.7. The number of nitrogens with one attached hydrogen (secondary N) is 1. The second kappa shape index (κ2) is 12.7. The number of hydrogen-bond donors (Lipinski definition) is 2. The number of nitrogens with zero attached hydrogens (tertiary/aromatic N) is 3. The van der Waals surface area contributed by atoms with Crippen molar-refractivity contribution in [2.24, 2.45) is 0 Å². The van der Waals surface area contributed by atoms with E-state index < -0.39 is 6.10 Å². The molecule has 7 nitrogen and oxygen atoms in total. The number of likely N-dealkylation sites (tertiary alicyclic amines) is 1. The van der Waals surface area contributed by atoms with E-state index in [0.717, 1.165) is 42.1 Å². The number of amides is 2. The SMILES string of the molecule is Cc1cccc(C)c1Cc1csc(CNC(=O)C[C@@H](O)C(=O)N2CCCC2c2cccc(CN(C)C)c2)n1. The van der Waals surface area contributed by atoms with Gasteiger partial charge in [-0.2, -0.15) is 0 Å². The van der Waals surface area contributed by atoms with E-state index in [1.807, 2.05) is 31.6 Å². The zero-order chi connectivity index (χ0) is 27.2. The fraction of sp³-hybridized carbons (Fsp3) is 0.433. The Hall–Kier alpha value is -3.07. The van der Waals surface area contributed by atoms with Gasteiger partial charge in [0.25, 0.3) is 5.91 Å². The Labute approximate surface area is 229 Å². The predicted molar refractivity (Wildman–Crippen MR) is 151 cm³/mol. The third-order valence-electron chi connectivity index (χ3n) is 7.07. The molecule has 38 heavy (non-hydrogen) atoms. The lowest BCUT2D eigenvalue weighted by molar-refractivity contribution is -0.144. The highest BCUT2D eigenvalue weighted by atomic mass is 32.1. The van der Waals surface area contributed by atoms with E-state index in [4.69, 9.17) is 0 Å². The zero-order valence-corrected chi connectivity index (χ0v) is 23.6. The largest absolute Gasteiger partial charge is 0.383 e. The molecule has 0 aliphatic carbocycles. The van der Waals surface area contributed by atoms with E-state index >= 15 is 0 Å². The third kappa shape index (κ3) is 7.07. The summed E-state index contributed by atoms with van der Waals surface area (Å²) in [6, 6.07) is 14.5. The van der Waals surface area contributed by atoms with Crippen LogP contribution in [0, 0.1) is 13.8 Å². The van der Waals surface area contributed by atoms with Gasteiger partial charge in [-0.15, -0.1) is 11.3 Å². The van der Waals surface area contributed by atoms with Crippen LogP contribution in [0.4, 0.5) is 0 Å². The molecule has 0 radical (unpaired) electrons. The second-order valence-electron chi connectivity index (χ2n) is 10.4. The number of aromatic nitrogens is 1. The van der Waals surface area contributed by atoms with Gasteiger partial charge in [-0.25, -0.2) is 4.98 Å². The average molecular weight is 535 g/mol. The van der Waals surface area contributed by atoms with Gasteiger partial charge in [0, 0.05) is 24.9 Å². The van der Waals surface area contributed by atoms with E-state index in [1.54, 1.807) is 4.90 Å². The molecule has 2 atom stereocenters. The molecule has 3 aromatic rings. The number of thiazole rings is 1. The van der Waals surface area contributed by atoms with Gasteiger partial charge in [-0.05, 0) is 68.6 Å². The van der Waals surface area contributed by atoms with Crippen LogP contribution in [-0.2, 0) is 29.1 Å². The molecule has 2 N–H and O–H groups in total. The van der Waals surface area contributed by atoms with Gasteiger partial charge in [0.2, 0.25) is 5.91 Å². The Balaban J connectivity index is 1.30. The minimum atomic E-state index is -1.36. The highest BCUT2D eigenvalue weighted by Crippen LogP contribution is 2.33. The maximum Gasteiger partial charge on any atom is 0.252 e. The second-order valence-corrected chi connectivity index (χ2v) is 11.4. The molecular formula is C30H38N4O3S. The molecule has 1 aromatic heterocycles. The lowest BCUT2D eigenvalue weighted by Crippen LogP contribution is -2.41. The normalized spacial score (nSPS) is 16.2. The quantitative estimate of drug-likeness (QED) is 0.408. The molecule has 0 bridgehead atoms. The molecule has 1 saturated heterocycles. The van der Waals surface area contributed by atoms with Crippen LogP contribution in [0.2, 0.25) is 0 Å². The molecule has 1 fully saturated rings. The van der Waals surface area contributed by atoms with Crippen molar-refractivity contribution in [1.82, 2.24) is 20.1 Å². The van der Waals surface area contributed by atoms with Crippen LogP contribution in [0.1, 0.15) is 63.8 Å². The summed E-state index contributed by atoms with van der Waals surface area (Å²) in [7, 11) is 4.05. The van der Waals surface area contributed by atoms with Crippen LogP contribution in [-0.4, -0.2) is 58.4 Å². The van der Waals surface area contributed by atoms with Gasteiger partial charge in [-0.1, -0.05) is 42.5 Å². The summed E-state index contributed by atoms with van der Waals surface area (Å²) in [6.45, 7) is 5.90. The summed E-state index contributed by atoms with van der Waals surface area (Å²) < 4.78 is 0. The number of aliphatic hydroxyl groups excluding tert-OH is 1. The summed E-state index contributed by atoms with van der Waals surface area (Å²) in [4.78, 5) is 34.2. The highest BCUT2D eigenvalue weighted by Gasteiger charge is 2.34. The Kier molecular flexibility index (Phi) is 9.31. The van der Waals surface area contributed by atoms with Gasteiger partial charge in [0.15, 0.2) is 0 Å². The maximum atomic E-state index is 13.1. The summed E-state index contributed by atoms with van der Waals surface area (Å²) in [6.07, 6.45) is 0.859. The summed E-state index contributed by atoms with van der Waals surface area (Å²) >= 11 is 1.50. The molecule has 8 heteroatoms. The van der Waals surface area contributed by atoms with E-state index in [2.05, 4.69) is 59.4 Å². The van der Waals surface area contributed by atoms with Crippen molar-refractivity contribution in [3.63, 3.8) is 0 Å². The number of carbonyl (C=O) groups excluding carboxylic acids is 2. The Morgan fingerprint density at radius 2 is 1.92 bits per heavy atom. The number of aliphatic hydroxyl groups is 1. The predicted octanol–water partition coefficient (Wildman–Crippen LogP) is 4.14. The van der Waals surface area contributed by atoms with Gasteiger partial charge < -0.3 is 20.2 Å². The van der Waals surface area contributed by atoms with E-state index in [0.29, 0.717) is 6.54 Å². The van der Waals surface area contributed by atoms with Crippen LogP contribution in [0.3, 0.4) is 0 Å². The number of hydrogen-bond acceptors (Lipinski definition) is 6. The molecule has 2 amide bonds. The Bertz CT molecular complexity index is 1250. The highest BCUT2D eigenvalue weighted by molar-refractivity contribution is 7.09. The van der Waals surface area contributed by atoms with Crippen molar-refractivity contribution < 1.29 is 14.7 Å². The van der Waals surface area contributed by atoms with Crippen LogP contribution in [0.15, 0.2) is 47.8 Å². The molecule has 202 valence electrons. The number of rotatable bonds is 10. The van der Waals surface area contributed by atoms with Gasteiger partial charge in [-0.3, -0.25) is 9.59 Å². The maximum absolute atomic E-state index is 13.1. The van der Waals surface area contributed by atoms with Crippen molar-refractivity contribution in [2.45, 2.75) is 64.8 Å². The fourth-order valence-corrected chi connectivity index (χ4v) is 5.90. The average Bonchev–Trinajstić information content (AvgIpc) is 3.54. The van der Waals surface area contributed by atoms with Gasteiger partial charge in [0.05, 0.1) is 24.7 Å². The molecule has 1 unspecified atom stereocenters. The first kappa shape index (κ1) is 28.0. The summed E-state index contributed by atoms with van der Waals surface area (Å²) in [5.41, 5.74) is 7.00. The lowest BCUT2D eigenvalue weighted by Gasteiger charge is -2.27. The number of aryl methyl sites for hydroxylation is 2. The number of carbonyl (C=O) groups is 2. The van der Waals surface area contributed by atoms with Crippen LogP contribution in [0.25, 0.3) is 0 Å². The molecule has 1 aliphatic rings. The minimum absolute atomic E-state index is 0.0760. The molecule has 0 spiro atoms. The molecule has 1 aliphatic heterocycles. The van der Waals surface area contributed by atoms with Crippen molar-refractivity contribution in [2.75, 3.05) is 20.6 Å². The molecular weight excluding hydrogens is 496 g/mol. The molecule has 2 heterocycles. The van der Waals surface area contributed by atoms with E-state index in [9.17, 15) is 14.7 Å².